The number of methoxy groups -OCH3 is 1. The minimum atomic E-state index is -0.0206. The fraction of sp³-hybridized carbons (Fsp3) is 0.417. The van der Waals surface area contributed by atoms with Crippen molar-refractivity contribution in [3.05, 3.63) is 53.7 Å². The van der Waals surface area contributed by atoms with E-state index >= 15 is 0 Å². The quantitative estimate of drug-likeness (QED) is 0.701. The third-order valence-corrected chi connectivity index (χ3v) is 6.81. The van der Waals surface area contributed by atoms with Gasteiger partial charge < -0.3 is 24.5 Å². The highest BCUT2D eigenvalue weighted by Crippen LogP contribution is 2.40. The Morgan fingerprint density at radius 1 is 1.20 bits per heavy atom. The van der Waals surface area contributed by atoms with Crippen molar-refractivity contribution in [2.24, 2.45) is 0 Å². The van der Waals surface area contributed by atoms with Crippen LogP contribution in [0.1, 0.15) is 17.7 Å². The first kappa shape index (κ1) is 18.1. The largest absolute Gasteiger partial charge is 0.497 e. The molecule has 0 aliphatic carbocycles. The number of aromatic nitrogens is 1. The van der Waals surface area contributed by atoms with Crippen LogP contribution in [0.15, 0.2) is 42.5 Å². The molecule has 156 valence electrons. The molecule has 4 heterocycles. The number of hydrogen-bond donors (Lipinski definition) is 2. The summed E-state index contributed by atoms with van der Waals surface area (Å²) in [6.45, 7) is 4.51. The number of aromatic amines is 1. The number of rotatable bonds is 3. The number of benzene rings is 2. The maximum absolute atomic E-state index is 6.20. The molecule has 2 unspecified atom stereocenters. The van der Waals surface area contributed by atoms with E-state index in [1.54, 1.807) is 7.11 Å². The zero-order valence-electron chi connectivity index (χ0n) is 17.2. The second kappa shape index (κ2) is 6.93. The summed E-state index contributed by atoms with van der Waals surface area (Å²) in [4.78, 5) is 6.25. The van der Waals surface area contributed by atoms with Crippen molar-refractivity contribution < 1.29 is 14.2 Å². The van der Waals surface area contributed by atoms with Crippen LogP contribution >= 0.6 is 0 Å². The standard InChI is InChI=1S/C24H27N3O3/c1-28-16-6-7-20-19(12-16)18-8-10-25-24(23(18)26-20)9-11-27(15-24)13-17-14-29-21-4-2-3-5-22(21)30-17/h2-7,12,17,25-26H,8-11,13-15H2,1H3. The number of ether oxygens (including phenoxy) is 3. The predicted molar refractivity (Wildman–Crippen MR) is 116 cm³/mol. The second-order valence-electron chi connectivity index (χ2n) is 8.63. The lowest BCUT2D eigenvalue weighted by atomic mass is 9.86. The molecule has 2 N–H and O–H groups in total. The van der Waals surface area contributed by atoms with Crippen LogP contribution < -0.4 is 19.5 Å². The zero-order chi connectivity index (χ0) is 20.1. The van der Waals surface area contributed by atoms with E-state index in [-0.39, 0.29) is 11.6 Å². The highest BCUT2D eigenvalue weighted by molar-refractivity contribution is 5.86. The average molecular weight is 405 g/mol. The fourth-order valence-electron chi connectivity index (χ4n) is 5.37. The summed E-state index contributed by atoms with van der Waals surface area (Å²) in [5.74, 6) is 2.61. The Labute approximate surface area is 176 Å². The number of nitrogens with zero attached hydrogens (tertiary/aromatic N) is 1. The third kappa shape index (κ3) is 2.86. The molecule has 1 saturated heterocycles. The van der Waals surface area contributed by atoms with E-state index in [1.165, 1.54) is 22.2 Å². The van der Waals surface area contributed by atoms with Crippen molar-refractivity contribution >= 4 is 10.9 Å². The van der Waals surface area contributed by atoms with E-state index in [0.29, 0.717) is 6.61 Å². The average Bonchev–Trinajstić information content (AvgIpc) is 3.36. The van der Waals surface area contributed by atoms with E-state index in [9.17, 15) is 0 Å². The van der Waals surface area contributed by atoms with Gasteiger partial charge in [0.15, 0.2) is 11.5 Å². The topological polar surface area (TPSA) is 58.8 Å². The van der Waals surface area contributed by atoms with E-state index in [0.717, 1.165) is 56.3 Å². The summed E-state index contributed by atoms with van der Waals surface area (Å²) in [5, 5.41) is 5.14. The lowest BCUT2D eigenvalue weighted by Crippen LogP contribution is -2.50. The van der Waals surface area contributed by atoms with Gasteiger partial charge in [0.25, 0.3) is 0 Å². The van der Waals surface area contributed by atoms with Crippen LogP contribution in [-0.4, -0.2) is 55.9 Å². The zero-order valence-corrected chi connectivity index (χ0v) is 17.2. The van der Waals surface area contributed by atoms with Gasteiger partial charge in [-0.1, -0.05) is 12.1 Å². The van der Waals surface area contributed by atoms with Crippen LogP contribution in [-0.2, 0) is 12.0 Å². The minimum absolute atomic E-state index is 0.0206. The lowest BCUT2D eigenvalue weighted by Gasteiger charge is -2.36. The lowest BCUT2D eigenvalue weighted by molar-refractivity contribution is 0.0626. The summed E-state index contributed by atoms with van der Waals surface area (Å²) in [6, 6.07) is 14.3. The van der Waals surface area contributed by atoms with Crippen molar-refractivity contribution in [1.29, 1.82) is 0 Å². The molecule has 6 nitrogen and oxygen atoms in total. The molecule has 30 heavy (non-hydrogen) atoms. The van der Waals surface area contributed by atoms with Crippen LogP contribution in [0.2, 0.25) is 0 Å². The van der Waals surface area contributed by atoms with Gasteiger partial charge in [0.1, 0.15) is 18.5 Å². The molecule has 3 aliphatic heterocycles. The molecule has 1 aromatic heterocycles. The van der Waals surface area contributed by atoms with Gasteiger partial charge in [-0.2, -0.15) is 0 Å². The van der Waals surface area contributed by atoms with Gasteiger partial charge in [0.2, 0.25) is 0 Å². The van der Waals surface area contributed by atoms with Crippen molar-refractivity contribution in [2.75, 3.05) is 39.9 Å². The number of para-hydroxylation sites is 2. The SMILES string of the molecule is COc1ccc2[nH]c3c(c2c1)CCNC31CCN(CC2COc3ccccc3O2)C1. The van der Waals surface area contributed by atoms with E-state index in [4.69, 9.17) is 14.2 Å². The normalized spacial score (nSPS) is 25.6. The molecular formula is C24H27N3O3. The van der Waals surface area contributed by atoms with Crippen LogP contribution in [0.5, 0.6) is 17.2 Å². The Hall–Kier alpha value is -2.70. The minimum Gasteiger partial charge on any atom is -0.497 e. The summed E-state index contributed by atoms with van der Waals surface area (Å²) in [5.41, 5.74) is 3.97. The molecule has 1 fully saturated rings. The molecule has 0 bridgehead atoms. The number of nitrogens with one attached hydrogen (secondary N) is 2. The van der Waals surface area contributed by atoms with Crippen LogP contribution in [0.25, 0.3) is 10.9 Å². The molecule has 2 atom stereocenters. The first-order chi connectivity index (χ1) is 14.7. The highest BCUT2D eigenvalue weighted by Gasteiger charge is 2.44. The van der Waals surface area contributed by atoms with E-state index in [2.05, 4.69) is 27.3 Å². The Morgan fingerprint density at radius 3 is 3.00 bits per heavy atom. The summed E-state index contributed by atoms with van der Waals surface area (Å²) < 4.78 is 17.6. The van der Waals surface area contributed by atoms with Crippen LogP contribution in [0.4, 0.5) is 0 Å². The summed E-state index contributed by atoms with van der Waals surface area (Å²) >= 11 is 0. The Balaban J connectivity index is 1.23. The summed E-state index contributed by atoms with van der Waals surface area (Å²) in [6.07, 6.45) is 2.19. The van der Waals surface area contributed by atoms with Crippen LogP contribution in [0, 0.1) is 0 Å². The molecule has 3 aromatic rings. The van der Waals surface area contributed by atoms with E-state index < -0.39 is 0 Å². The Morgan fingerprint density at radius 2 is 2.10 bits per heavy atom. The van der Waals surface area contributed by atoms with Crippen molar-refractivity contribution in [3.8, 4) is 17.2 Å². The number of H-pyrrole nitrogens is 1. The number of likely N-dealkylation sites (tertiary alicyclic amines) is 1. The maximum Gasteiger partial charge on any atom is 0.161 e. The van der Waals surface area contributed by atoms with Crippen molar-refractivity contribution in [3.63, 3.8) is 0 Å². The van der Waals surface area contributed by atoms with Crippen molar-refractivity contribution in [2.45, 2.75) is 24.5 Å². The molecule has 2 aromatic carbocycles. The Bertz CT molecular complexity index is 1090. The van der Waals surface area contributed by atoms with Gasteiger partial charge in [-0.15, -0.1) is 0 Å². The monoisotopic (exact) mass is 405 g/mol. The van der Waals surface area contributed by atoms with Gasteiger partial charge in [-0.3, -0.25) is 4.90 Å². The van der Waals surface area contributed by atoms with Gasteiger partial charge in [0.05, 0.1) is 12.6 Å². The molecule has 6 heteroatoms. The smallest absolute Gasteiger partial charge is 0.161 e. The molecule has 0 radical (unpaired) electrons. The second-order valence-corrected chi connectivity index (χ2v) is 8.63. The molecular weight excluding hydrogens is 378 g/mol. The Kier molecular flexibility index (Phi) is 4.18. The molecule has 0 amide bonds. The van der Waals surface area contributed by atoms with Crippen LogP contribution in [0.3, 0.4) is 0 Å². The molecule has 1 spiro atoms. The van der Waals surface area contributed by atoms with E-state index in [1.807, 2.05) is 30.3 Å². The first-order valence-corrected chi connectivity index (χ1v) is 10.8. The van der Waals surface area contributed by atoms with Gasteiger partial charge >= 0.3 is 0 Å². The van der Waals surface area contributed by atoms with Gasteiger partial charge in [-0.05, 0) is 48.7 Å². The first-order valence-electron chi connectivity index (χ1n) is 10.8. The number of fused-ring (bicyclic) bond motifs is 5. The maximum atomic E-state index is 6.20. The highest BCUT2D eigenvalue weighted by atomic mass is 16.6. The summed E-state index contributed by atoms with van der Waals surface area (Å²) in [7, 11) is 1.73. The number of hydrogen-bond acceptors (Lipinski definition) is 5. The fourth-order valence-corrected chi connectivity index (χ4v) is 5.37. The third-order valence-electron chi connectivity index (χ3n) is 6.81. The molecule has 3 aliphatic rings. The van der Waals surface area contributed by atoms with Gasteiger partial charge in [-0.25, -0.2) is 0 Å². The predicted octanol–water partition coefficient (Wildman–Crippen LogP) is 3.06. The van der Waals surface area contributed by atoms with Crippen molar-refractivity contribution in [1.82, 2.24) is 15.2 Å². The molecule has 0 saturated carbocycles. The van der Waals surface area contributed by atoms with Gasteiger partial charge in [0, 0.05) is 42.8 Å². The molecule has 6 rings (SSSR count).